The summed E-state index contributed by atoms with van der Waals surface area (Å²) in [6.07, 6.45) is 1.83. The number of aliphatic hydroxyl groups excluding tert-OH is 1. The summed E-state index contributed by atoms with van der Waals surface area (Å²) >= 11 is 0. The molecule has 1 rings (SSSR count). The number of furan rings is 1. The zero-order chi connectivity index (χ0) is 10.4. The van der Waals surface area contributed by atoms with Gasteiger partial charge in [0, 0.05) is 12.6 Å². The van der Waals surface area contributed by atoms with Crippen molar-refractivity contribution < 1.29 is 9.52 Å². The van der Waals surface area contributed by atoms with E-state index in [1.54, 1.807) is 0 Å². The van der Waals surface area contributed by atoms with Gasteiger partial charge in [-0.25, -0.2) is 0 Å². The third-order valence-corrected chi connectivity index (χ3v) is 2.33. The zero-order valence-electron chi connectivity index (χ0n) is 8.92. The van der Waals surface area contributed by atoms with E-state index in [0.29, 0.717) is 6.04 Å². The molecule has 0 radical (unpaired) electrons. The fraction of sp³-hybridized carbons (Fsp3) is 0.636. The van der Waals surface area contributed by atoms with E-state index in [1.807, 2.05) is 19.1 Å². The minimum atomic E-state index is 0.239. The van der Waals surface area contributed by atoms with E-state index in [-0.39, 0.29) is 6.61 Å². The minimum Gasteiger partial charge on any atom is -0.465 e. The molecule has 0 amide bonds. The van der Waals surface area contributed by atoms with Crippen molar-refractivity contribution in [1.29, 1.82) is 0 Å². The van der Waals surface area contributed by atoms with Crippen LogP contribution in [0.25, 0.3) is 0 Å². The Balaban J connectivity index is 2.31. The maximum atomic E-state index is 8.81. The molecule has 1 heterocycles. The standard InChI is InChI=1S/C11H19NO2/c1-3-10(6-7-13)12-8-11-5-4-9(2)14-11/h4-5,10,12-13H,3,6-8H2,1-2H3. The lowest BCUT2D eigenvalue weighted by Crippen LogP contribution is -2.28. The predicted molar refractivity (Wildman–Crippen MR) is 56.1 cm³/mol. The smallest absolute Gasteiger partial charge is 0.117 e. The van der Waals surface area contributed by atoms with E-state index in [4.69, 9.17) is 9.52 Å². The van der Waals surface area contributed by atoms with Crippen molar-refractivity contribution in [3.05, 3.63) is 23.7 Å². The Bertz CT molecular complexity index is 258. The summed E-state index contributed by atoms with van der Waals surface area (Å²) in [7, 11) is 0. The molecule has 2 N–H and O–H groups in total. The molecule has 0 fully saturated rings. The van der Waals surface area contributed by atoms with Gasteiger partial charge in [0.05, 0.1) is 6.54 Å². The first kappa shape index (κ1) is 11.3. The van der Waals surface area contributed by atoms with E-state index < -0.39 is 0 Å². The van der Waals surface area contributed by atoms with Gasteiger partial charge in [0.15, 0.2) is 0 Å². The highest BCUT2D eigenvalue weighted by molar-refractivity contribution is 5.05. The quantitative estimate of drug-likeness (QED) is 0.731. The monoisotopic (exact) mass is 197 g/mol. The summed E-state index contributed by atoms with van der Waals surface area (Å²) in [5, 5.41) is 12.2. The molecule has 1 aromatic heterocycles. The van der Waals surface area contributed by atoms with Crippen molar-refractivity contribution in [1.82, 2.24) is 5.32 Å². The van der Waals surface area contributed by atoms with Crippen LogP contribution in [0.5, 0.6) is 0 Å². The Hall–Kier alpha value is -0.800. The zero-order valence-corrected chi connectivity index (χ0v) is 8.92. The highest BCUT2D eigenvalue weighted by Gasteiger charge is 2.05. The van der Waals surface area contributed by atoms with E-state index in [9.17, 15) is 0 Å². The van der Waals surface area contributed by atoms with Crippen molar-refractivity contribution in [3.63, 3.8) is 0 Å². The Morgan fingerprint density at radius 1 is 1.50 bits per heavy atom. The molecule has 3 nitrogen and oxygen atoms in total. The Kier molecular flexibility index (Phi) is 4.70. The number of hydrogen-bond donors (Lipinski definition) is 2. The van der Waals surface area contributed by atoms with Crippen LogP contribution < -0.4 is 5.32 Å². The van der Waals surface area contributed by atoms with Crippen molar-refractivity contribution >= 4 is 0 Å². The second-order valence-electron chi connectivity index (χ2n) is 3.51. The molecule has 0 aliphatic rings. The molecule has 0 aromatic carbocycles. The first-order valence-electron chi connectivity index (χ1n) is 5.15. The molecule has 0 saturated carbocycles. The van der Waals surface area contributed by atoms with E-state index in [0.717, 1.165) is 30.9 Å². The molecule has 3 heteroatoms. The van der Waals surface area contributed by atoms with Gasteiger partial charge in [-0.3, -0.25) is 0 Å². The van der Waals surface area contributed by atoms with Crippen LogP contribution in [0.4, 0.5) is 0 Å². The van der Waals surface area contributed by atoms with Crippen LogP contribution in [-0.2, 0) is 6.54 Å². The molecule has 0 aliphatic heterocycles. The summed E-state index contributed by atoms with van der Waals surface area (Å²) in [4.78, 5) is 0. The number of nitrogens with one attached hydrogen (secondary N) is 1. The van der Waals surface area contributed by atoms with Crippen molar-refractivity contribution in [3.8, 4) is 0 Å². The van der Waals surface area contributed by atoms with Gasteiger partial charge >= 0.3 is 0 Å². The fourth-order valence-corrected chi connectivity index (χ4v) is 1.43. The summed E-state index contributed by atoms with van der Waals surface area (Å²) in [5.41, 5.74) is 0. The van der Waals surface area contributed by atoms with Gasteiger partial charge in [0.2, 0.25) is 0 Å². The summed E-state index contributed by atoms with van der Waals surface area (Å²) in [6.45, 7) is 5.03. The lowest BCUT2D eigenvalue weighted by Gasteiger charge is -2.14. The second-order valence-corrected chi connectivity index (χ2v) is 3.51. The number of rotatable bonds is 6. The van der Waals surface area contributed by atoms with Crippen LogP contribution in [-0.4, -0.2) is 17.8 Å². The van der Waals surface area contributed by atoms with Crippen molar-refractivity contribution in [2.75, 3.05) is 6.61 Å². The third-order valence-electron chi connectivity index (χ3n) is 2.33. The normalized spacial score (nSPS) is 13.1. The first-order valence-corrected chi connectivity index (χ1v) is 5.15. The van der Waals surface area contributed by atoms with E-state index in [1.165, 1.54) is 0 Å². The van der Waals surface area contributed by atoms with Crippen LogP contribution >= 0.6 is 0 Å². The average molecular weight is 197 g/mol. The highest BCUT2D eigenvalue weighted by atomic mass is 16.3. The lowest BCUT2D eigenvalue weighted by atomic mass is 10.1. The molecule has 80 valence electrons. The summed E-state index contributed by atoms with van der Waals surface area (Å²) < 4.78 is 5.43. The maximum absolute atomic E-state index is 8.81. The van der Waals surface area contributed by atoms with Gasteiger partial charge in [-0.15, -0.1) is 0 Å². The average Bonchev–Trinajstić information content (AvgIpc) is 2.59. The topological polar surface area (TPSA) is 45.4 Å². The molecule has 14 heavy (non-hydrogen) atoms. The van der Waals surface area contributed by atoms with E-state index in [2.05, 4.69) is 12.2 Å². The number of hydrogen-bond acceptors (Lipinski definition) is 3. The first-order chi connectivity index (χ1) is 6.76. The summed E-state index contributed by atoms with van der Waals surface area (Å²) in [6, 6.07) is 4.32. The SMILES string of the molecule is CCC(CCO)NCc1ccc(C)o1. The van der Waals surface area contributed by atoms with Crippen LogP contribution in [0.15, 0.2) is 16.5 Å². The van der Waals surface area contributed by atoms with Gasteiger partial charge in [-0.2, -0.15) is 0 Å². The molecule has 0 saturated heterocycles. The van der Waals surface area contributed by atoms with Gasteiger partial charge in [-0.1, -0.05) is 6.92 Å². The number of aryl methyl sites for hydroxylation is 1. The molecule has 0 aliphatic carbocycles. The minimum absolute atomic E-state index is 0.239. The molecular formula is C11H19NO2. The summed E-state index contributed by atoms with van der Waals surface area (Å²) in [5.74, 6) is 1.90. The van der Waals surface area contributed by atoms with E-state index >= 15 is 0 Å². The highest BCUT2D eigenvalue weighted by Crippen LogP contribution is 2.07. The molecule has 1 atom stereocenters. The number of aliphatic hydroxyl groups is 1. The van der Waals surface area contributed by atoms with Crippen molar-refractivity contribution in [2.45, 2.75) is 39.3 Å². The third kappa shape index (κ3) is 3.52. The van der Waals surface area contributed by atoms with Crippen molar-refractivity contribution in [2.24, 2.45) is 0 Å². The van der Waals surface area contributed by atoms with Crippen LogP contribution in [0.3, 0.4) is 0 Å². The largest absolute Gasteiger partial charge is 0.465 e. The second kappa shape index (κ2) is 5.83. The van der Waals surface area contributed by atoms with Gasteiger partial charge in [0.25, 0.3) is 0 Å². The van der Waals surface area contributed by atoms with Gasteiger partial charge in [0.1, 0.15) is 11.5 Å². The lowest BCUT2D eigenvalue weighted by molar-refractivity contribution is 0.260. The van der Waals surface area contributed by atoms with Gasteiger partial charge in [-0.05, 0) is 31.9 Å². The van der Waals surface area contributed by atoms with Crippen LogP contribution in [0.1, 0.15) is 31.3 Å². The predicted octanol–water partition coefficient (Wildman–Crippen LogP) is 1.84. The Morgan fingerprint density at radius 2 is 2.29 bits per heavy atom. The molecule has 0 spiro atoms. The molecular weight excluding hydrogens is 178 g/mol. The fourth-order valence-electron chi connectivity index (χ4n) is 1.43. The molecule has 1 unspecified atom stereocenters. The maximum Gasteiger partial charge on any atom is 0.117 e. The molecule has 1 aromatic rings. The van der Waals surface area contributed by atoms with Crippen LogP contribution in [0, 0.1) is 6.92 Å². The molecule has 0 bridgehead atoms. The van der Waals surface area contributed by atoms with Gasteiger partial charge < -0.3 is 14.8 Å². The Morgan fingerprint density at radius 3 is 2.79 bits per heavy atom. The van der Waals surface area contributed by atoms with Crippen LogP contribution in [0.2, 0.25) is 0 Å². The Labute approximate surface area is 85.1 Å².